The van der Waals surface area contributed by atoms with Crippen LogP contribution < -0.4 is 10.6 Å². The van der Waals surface area contributed by atoms with Gasteiger partial charge in [0.25, 0.3) is 0 Å². The smallest absolute Gasteiger partial charge is 0.163 e. The van der Waals surface area contributed by atoms with Gasteiger partial charge in [-0.3, -0.25) is 4.79 Å². The van der Waals surface area contributed by atoms with Gasteiger partial charge in [-0.15, -0.1) is 0 Å². The zero-order chi connectivity index (χ0) is 20.7. The molecular weight excluding hydrogens is 368 g/mol. The van der Waals surface area contributed by atoms with Crippen LogP contribution in [0.2, 0.25) is 0 Å². The van der Waals surface area contributed by atoms with Crippen LogP contribution in [0.1, 0.15) is 47.1 Å². The molecule has 0 spiro atoms. The van der Waals surface area contributed by atoms with Crippen molar-refractivity contribution in [2.45, 2.75) is 38.6 Å². The number of carbonyl (C=O) groups excluding carboxylic acids is 1. The first kappa shape index (κ1) is 18.7. The van der Waals surface area contributed by atoms with E-state index in [0.29, 0.717) is 6.42 Å². The monoisotopic (exact) mass is 394 g/mol. The molecule has 1 heterocycles. The number of ketones is 1. The highest BCUT2D eigenvalue weighted by atomic mass is 16.1. The minimum absolute atomic E-state index is 0.150. The first-order valence-electron chi connectivity index (χ1n) is 10.6. The lowest BCUT2D eigenvalue weighted by Crippen LogP contribution is -2.26. The van der Waals surface area contributed by atoms with E-state index in [2.05, 4.69) is 85.1 Å². The van der Waals surface area contributed by atoms with Crippen molar-refractivity contribution in [3.8, 4) is 0 Å². The van der Waals surface area contributed by atoms with E-state index in [1.165, 1.54) is 16.7 Å². The van der Waals surface area contributed by atoms with Crippen molar-refractivity contribution >= 4 is 17.2 Å². The van der Waals surface area contributed by atoms with E-state index < -0.39 is 0 Å². The molecule has 0 fully saturated rings. The molecule has 0 amide bonds. The third kappa shape index (κ3) is 3.41. The molecular formula is C27H26N2O. The van der Waals surface area contributed by atoms with Crippen molar-refractivity contribution in [3.63, 3.8) is 0 Å². The van der Waals surface area contributed by atoms with Crippen molar-refractivity contribution < 1.29 is 4.79 Å². The quantitative estimate of drug-likeness (QED) is 0.537. The molecule has 5 rings (SSSR count). The van der Waals surface area contributed by atoms with Gasteiger partial charge >= 0.3 is 0 Å². The number of hydrogen-bond acceptors (Lipinski definition) is 3. The van der Waals surface area contributed by atoms with Gasteiger partial charge in [-0.2, -0.15) is 0 Å². The molecule has 0 saturated heterocycles. The molecule has 0 saturated carbocycles. The van der Waals surface area contributed by atoms with E-state index in [0.717, 1.165) is 34.6 Å². The highest BCUT2D eigenvalue weighted by Gasteiger charge is 2.35. The van der Waals surface area contributed by atoms with E-state index in [1.807, 2.05) is 12.1 Å². The Bertz CT molecular complexity index is 1140. The molecule has 1 aliphatic heterocycles. The lowest BCUT2D eigenvalue weighted by molar-refractivity contribution is -0.116. The number of hydrogen-bond donors (Lipinski definition) is 2. The molecule has 0 aromatic heterocycles. The van der Waals surface area contributed by atoms with Gasteiger partial charge in [0.1, 0.15) is 0 Å². The van der Waals surface area contributed by atoms with Crippen LogP contribution in [0.5, 0.6) is 0 Å². The van der Waals surface area contributed by atoms with Crippen LogP contribution in [-0.2, 0) is 4.79 Å². The van der Waals surface area contributed by atoms with Crippen LogP contribution >= 0.6 is 0 Å². The first-order chi connectivity index (χ1) is 14.6. The van der Waals surface area contributed by atoms with Gasteiger partial charge < -0.3 is 10.6 Å². The highest BCUT2D eigenvalue weighted by molar-refractivity contribution is 6.01. The molecule has 150 valence electrons. The molecule has 0 radical (unpaired) electrons. The second-order valence-electron chi connectivity index (χ2n) is 8.49. The van der Waals surface area contributed by atoms with Crippen molar-refractivity contribution in [3.05, 3.63) is 106 Å². The summed E-state index contributed by atoms with van der Waals surface area (Å²) in [6, 6.07) is 25.1. The Hall–Kier alpha value is -3.33. The molecule has 2 N–H and O–H groups in total. The molecule has 3 aromatic rings. The maximum Gasteiger partial charge on any atom is 0.163 e. The molecule has 2 atom stereocenters. The first-order valence-corrected chi connectivity index (χ1v) is 10.6. The summed E-state index contributed by atoms with van der Waals surface area (Å²) in [5, 5.41) is 7.27. The van der Waals surface area contributed by atoms with E-state index in [9.17, 15) is 4.79 Å². The SMILES string of the molecule is Cc1ccc([C@@H]2CC(=O)C3=C(C2)Nc2ccccc2N[C@H]3c2cccc(C)c2)cc1. The van der Waals surface area contributed by atoms with Gasteiger partial charge in [0.15, 0.2) is 5.78 Å². The fraction of sp³-hybridized carbons (Fsp3) is 0.222. The van der Waals surface area contributed by atoms with Crippen LogP contribution in [0.3, 0.4) is 0 Å². The Balaban J connectivity index is 1.61. The third-order valence-corrected chi connectivity index (χ3v) is 6.23. The van der Waals surface area contributed by atoms with Gasteiger partial charge in [0, 0.05) is 17.7 Å². The molecule has 3 nitrogen and oxygen atoms in total. The Kier molecular flexibility index (Phi) is 4.66. The van der Waals surface area contributed by atoms with Gasteiger partial charge in [-0.05, 0) is 49.4 Å². The van der Waals surface area contributed by atoms with E-state index >= 15 is 0 Å². The molecule has 3 aromatic carbocycles. The predicted molar refractivity (Wildman–Crippen MR) is 123 cm³/mol. The van der Waals surface area contributed by atoms with Crippen LogP contribution in [0.15, 0.2) is 84.1 Å². The Morgan fingerprint density at radius 2 is 1.53 bits per heavy atom. The number of nitrogens with one attached hydrogen (secondary N) is 2. The predicted octanol–water partition coefficient (Wildman–Crippen LogP) is 6.28. The van der Waals surface area contributed by atoms with Crippen LogP contribution in [0, 0.1) is 13.8 Å². The summed E-state index contributed by atoms with van der Waals surface area (Å²) in [4.78, 5) is 13.5. The summed E-state index contributed by atoms with van der Waals surface area (Å²) >= 11 is 0. The lowest BCUT2D eigenvalue weighted by atomic mass is 9.78. The second kappa shape index (κ2) is 7.49. The van der Waals surface area contributed by atoms with Crippen molar-refractivity contribution in [1.29, 1.82) is 0 Å². The third-order valence-electron chi connectivity index (χ3n) is 6.23. The van der Waals surface area contributed by atoms with Gasteiger partial charge in [-0.1, -0.05) is 71.8 Å². The average molecular weight is 395 g/mol. The van der Waals surface area contributed by atoms with Gasteiger partial charge in [-0.25, -0.2) is 0 Å². The fourth-order valence-electron chi connectivity index (χ4n) is 4.67. The summed E-state index contributed by atoms with van der Waals surface area (Å²) in [6.07, 6.45) is 1.38. The number of benzene rings is 3. The van der Waals surface area contributed by atoms with E-state index in [4.69, 9.17) is 0 Å². The number of allylic oxidation sites excluding steroid dienone is 1. The van der Waals surface area contributed by atoms with Crippen LogP contribution in [0.25, 0.3) is 0 Å². The molecule has 2 aliphatic rings. The highest BCUT2D eigenvalue weighted by Crippen LogP contribution is 2.44. The lowest BCUT2D eigenvalue weighted by Gasteiger charge is -2.30. The Labute approximate surface area is 177 Å². The topological polar surface area (TPSA) is 41.1 Å². The number of anilines is 2. The number of carbonyl (C=O) groups is 1. The Morgan fingerprint density at radius 1 is 0.767 bits per heavy atom. The summed E-state index contributed by atoms with van der Waals surface area (Å²) in [5.41, 5.74) is 8.77. The molecule has 1 aliphatic carbocycles. The number of fused-ring (bicyclic) bond motifs is 1. The van der Waals surface area contributed by atoms with Crippen molar-refractivity contribution in [1.82, 2.24) is 0 Å². The van der Waals surface area contributed by atoms with Gasteiger partial charge in [0.05, 0.1) is 17.4 Å². The molecule has 30 heavy (non-hydrogen) atoms. The maximum atomic E-state index is 13.5. The molecule has 0 bridgehead atoms. The fourth-order valence-corrected chi connectivity index (χ4v) is 4.67. The number of Topliss-reactive ketones (excluding diaryl/α,β-unsaturated/α-hetero) is 1. The van der Waals surface area contributed by atoms with Crippen LogP contribution in [-0.4, -0.2) is 5.78 Å². The number of rotatable bonds is 2. The Morgan fingerprint density at radius 3 is 2.30 bits per heavy atom. The zero-order valence-electron chi connectivity index (χ0n) is 17.4. The normalized spacial score (nSPS) is 20.5. The van der Waals surface area contributed by atoms with Gasteiger partial charge in [0.2, 0.25) is 0 Å². The summed E-state index contributed by atoms with van der Waals surface area (Å²) in [6.45, 7) is 4.19. The van der Waals surface area contributed by atoms with E-state index in [1.54, 1.807) is 0 Å². The average Bonchev–Trinajstić information content (AvgIpc) is 2.91. The van der Waals surface area contributed by atoms with Crippen molar-refractivity contribution in [2.75, 3.05) is 10.6 Å². The van der Waals surface area contributed by atoms with Crippen LogP contribution in [0.4, 0.5) is 11.4 Å². The maximum absolute atomic E-state index is 13.5. The number of aryl methyl sites for hydroxylation is 2. The number of para-hydroxylation sites is 2. The second-order valence-corrected chi connectivity index (χ2v) is 8.49. The minimum Gasteiger partial charge on any atom is -0.372 e. The molecule has 0 unspecified atom stereocenters. The summed E-state index contributed by atoms with van der Waals surface area (Å²) in [5.74, 6) is 0.425. The summed E-state index contributed by atoms with van der Waals surface area (Å²) < 4.78 is 0. The largest absolute Gasteiger partial charge is 0.372 e. The standard InChI is InChI=1S/C27H26N2O/c1-17-10-12-19(13-11-17)21-15-24-26(25(30)16-21)27(20-7-5-6-18(2)14-20)29-23-9-4-3-8-22(23)28-24/h3-14,21,27-29H,15-16H2,1-2H3/t21-,27-/m0/s1. The van der Waals surface area contributed by atoms with Crippen molar-refractivity contribution in [2.24, 2.45) is 0 Å². The summed E-state index contributed by atoms with van der Waals surface area (Å²) in [7, 11) is 0. The van der Waals surface area contributed by atoms with E-state index in [-0.39, 0.29) is 17.7 Å². The molecule has 3 heteroatoms. The zero-order valence-corrected chi connectivity index (χ0v) is 17.4. The minimum atomic E-state index is -0.150.